The van der Waals surface area contributed by atoms with E-state index in [-0.39, 0.29) is 0 Å². The zero-order valence-corrected chi connectivity index (χ0v) is 42.8. The lowest BCUT2D eigenvalue weighted by Crippen LogP contribution is -2.52. The van der Waals surface area contributed by atoms with Gasteiger partial charge in [-0.15, -0.1) is 0 Å². The maximum absolute atomic E-state index is 13.7. The molecule has 1 saturated heterocycles. The lowest BCUT2D eigenvalue weighted by molar-refractivity contribution is -0.134. The highest BCUT2D eigenvalue weighted by Crippen LogP contribution is 2.14. The van der Waals surface area contributed by atoms with Crippen LogP contribution in [-0.2, 0) is 4.79 Å². The lowest BCUT2D eigenvalue weighted by atomic mass is 10.1. The lowest BCUT2D eigenvalue weighted by Gasteiger charge is -2.37. The number of hydrogen-bond donors (Lipinski definition) is 0. The number of hydrogen-bond acceptors (Lipinski definition) is 5. The Morgan fingerprint density at radius 3 is 0.885 bits per heavy atom. The van der Waals surface area contributed by atoms with Crippen LogP contribution in [0, 0.1) is 0 Å². The van der Waals surface area contributed by atoms with Crippen LogP contribution in [0.15, 0.2) is 0 Å². The fourth-order valence-electron chi connectivity index (χ4n) is 9.48. The normalized spacial score (nSPS) is 13.8. The Morgan fingerprint density at radius 1 is 0.311 bits per heavy atom. The average Bonchev–Trinajstić information content (AvgIpc) is 3.27. The average molecular weight is 861 g/mol. The van der Waals surface area contributed by atoms with E-state index < -0.39 is 0 Å². The molecule has 0 aliphatic carbocycles. The predicted octanol–water partition coefficient (Wildman–Crippen LogP) is 14.8. The van der Waals surface area contributed by atoms with Crippen LogP contribution in [0.4, 0.5) is 0 Å². The smallest absolute Gasteiger partial charge is 0.236 e. The second-order valence-corrected chi connectivity index (χ2v) is 19.8. The molecule has 1 aliphatic rings. The van der Waals surface area contributed by atoms with Gasteiger partial charge < -0.3 is 14.7 Å². The van der Waals surface area contributed by atoms with Crippen LogP contribution < -0.4 is 0 Å². The van der Waals surface area contributed by atoms with E-state index in [4.69, 9.17) is 0 Å². The van der Waals surface area contributed by atoms with Crippen LogP contribution in [0.2, 0.25) is 0 Å². The molecule has 1 fully saturated rings. The van der Waals surface area contributed by atoms with Crippen molar-refractivity contribution in [3.63, 3.8) is 0 Å². The van der Waals surface area contributed by atoms with Crippen LogP contribution in [0.25, 0.3) is 0 Å². The van der Waals surface area contributed by atoms with Crippen molar-refractivity contribution in [1.82, 2.24) is 24.5 Å². The fraction of sp³-hybridized carbons (Fsp3) is 0.982. The SMILES string of the molecule is CCCCCCCCCN(CCCCCCCCC)CCN(CCCCCCCCC)CCN1CCN(C(=O)CN(CCCCCCCCC)CCCCCCCCC)CC1. The summed E-state index contributed by atoms with van der Waals surface area (Å²) in [5.41, 5.74) is 0. The summed E-state index contributed by atoms with van der Waals surface area (Å²) in [6.45, 7) is 26.9. The van der Waals surface area contributed by atoms with E-state index in [1.807, 2.05) is 0 Å². The fourth-order valence-corrected chi connectivity index (χ4v) is 9.48. The number of rotatable bonds is 48. The molecule has 0 aromatic carbocycles. The van der Waals surface area contributed by atoms with Crippen molar-refractivity contribution in [3.8, 4) is 0 Å². The first kappa shape index (κ1) is 58.3. The zero-order valence-electron chi connectivity index (χ0n) is 42.8. The number of carbonyl (C=O) groups is 1. The monoisotopic (exact) mass is 860 g/mol. The minimum atomic E-state index is 0.383. The largest absolute Gasteiger partial charge is 0.339 e. The first-order chi connectivity index (χ1) is 30.1. The van der Waals surface area contributed by atoms with Crippen molar-refractivity contribution in [2.24, 2.45) is 0 Å². The maximum Gasteiger partial charge on any atom is 0.236 e. The molecule has 0 N–H and O–H groups in total. The molecule has 1 heterocycles. The quantitative estimate of drug-likeness (QED) is 0.0569. The molecule has 0 aromatic heterocycles. The van der Waals surface area contributed by atoms with E-state index in [0.717, 1.165) is 45.8 Å². The molecule has 0 aromatic rings. The van der Waals surface area contributed by atoms with Gasteiger partial charge in [-0.2, -0.15) is 0 Å². The van der Waals surface area contributed by atoms with E-state index >= 15 is 0 Å². The zero-order chi connectivity index (χ0) is 44.1. The van der Waals surface area contributed by atoms with E-state index in [1.165, 1.54) is 264 Å². The first-order valence-corrected chi connectivity index (χ1v) is 28.2. The van der Waals surface area contributed by atoms with E-state index in [9.17, 15) is 4.79 Å². The summed E-state index contributed by atoms with van der Waals surface area (Å²) in [5.74, 6) is 0.383. The summed E-state index contributed by atoms with van der Waals surface area (Å²) in [5, 5.41) is 0. The van der Waals surface area contributed by atoms with Crippen LogP contribution in [-0.4, -0.2) is 122 Å². The van der Waals surface area contributed by atoms with Crippen molar-refractivity contribution in [3.05, 3.63) is 0 Å². The number of amides is 1. The van der Waals surface area contributed by atoms with Crippen LogP contribution >= 0.6 is 0 Å². The highest BCUT2D eigenvalue weighted by Gasteiger charge is 2.23. The minimum absolute atomic E-state index is 0.383. The van der Waals surface area contributed by atoms with Crippen molar-refractivity contribution < 1.29 is 4.79 Å². The van der Waals surface area contributed by atoms with Crippen molar-refractivity contribution >= 4 is 5.91 Å². The Hall–Kier alpha value is -0.690. The molecule has 61 heavy (non-hydrogen) atoms. The molecule has 1 amide bonds. The van der Waals surface area contributed by atoms with E-state index in [2.05, 4.69) is 59.1 Å². The molecule has 1 aliphatic heterocycles. The Balaban J connectivity index is 2.69. The molecule has 0 bridgehead atoms. The van der Waals surface area contributed by atoms with E-state index in [0.29, 0.717) is 12.5 Å². The molecular formula is C55H113N5O. The molecule has 0 saturated carbocycles. The molecular weight excluding hydrogens is 747 g/mol. The third-order valence-corrected chi connectivity index (χ3v) is 13.9. The highest BCUT2D eigenvalue weighted by molar-refractivity contribution is 5.78. The molecule has 1 rings (SSSR count). The second-order valence-electron chi connectivity index (χ2n) is 19.8. The standard InChI is InChI=1S/C55H113N5O/c1-6-11-16-21-26-31-36-41-56(42-37-32-27-22-17-12-7-2)46-47-57(43-38-33-28-23-18-13-8-3)48-49-58-50-52-60(53-51-58)55(61)54-59(44-39-34-29-24-19-14-9-4)45-40-35-30-25-20-15-10-5/h6-54H2,1-5H3. The van der Waals surface area contributed by atoms with Crippen molar-refractivity contribution in [2.75, 3.05) is 91.6 Å². The summed E-state index contributed by atoms with van der Waals surface area (Å²) >= 11 is 0. The molecule has 0 radical (unpaired) electrons. The summed E-state index contributed by atoms with van der Waals surface area (Å²) in [7, 11) is 0. The van der Waals surface area contributed by atoms with E-state index in [1.54, 1.807) is 0 Å². The number of piperazine rings is 1. The predicted molar refractivity (Wildman–Crippen MR) is 272 cm³/mol. The summed E-state index contributed by atoms with van der Waals surface area (Å²) in [6, 6.07) is 0. The molecule has 6 heteroatoms. The van der Waals surface area contributed by atoms with Gasteiger partial charge in [0.25, 0.3) is 0 Å². The van der Waals surface area contributed by atoms with Gasteiger partial charge in [-0.1, -0.05) is 227 Å². The van der Waals surface area contributed by atoms with Gasteiger partial charge in [-0.25, -0.2) is 0 Å². The van der Waals surface area contributed by atoms with Crippen LogP contribution in [0.5, 0.6) is 0 Å². The Labute approximate surface area is 384 Å². The van der Waals surface area contributed by atoms with Gasteiger partial charge in [0.1, 0.15) is 0 Å². The molecule has 6 nitrogen and oxygen atoms in total. The summed E-state index contributed by atoms with van der Waals surface area (Å²) in [4.78, 5) is 26.8. The van der Waals surface area contributed by atoms with Gasteiger partial charge in [0.05, 0.1) is 6.54 Å². The maximum atomic E-state index is 13.7. The van der Waals surface area contributed by atoms with Crippen LogP contribution in [0.1, 0.15) is 259 Å². The summed E-state index contributed by atoms with van der Waals surface area (Å²) < 4.78 is 0. The number of nitrogens with zero attached hydrogens (tertiary/aromatic N) is 5. The third-order valence-electron chi connectivity index (χ3n) is 13.9. The summed E-state index contributed by atoms with van der Waals surface area (Å²) in [6.07, 6.45) is 48.1. The second kappa shape index (κ2) is 45.9. The van der Waals surface area contributed by atoms with Gasteiger partial charge in [0, 0.05) is 52.4 Å². The minimum Gasteiger partial charge on any atom is -0.339 e. The molecule has 0 atom stereocenters. The molecule has 0 unspecified atom stereocenters. The van der Waals surface area contributed by atoms with Gasteiger partial charge in [-0.05, 0) is 64.8 Å². The van der Waals surface area contributed by atoms with Crippen molar-refractivity contribution in [2.45, 2.75) is 259 Å². The van der Waals surface area contributed by atoms with Gasteiger partial charge in [-0.3, -0.25) is 14.6 Å². The Kier molecular flexibility index (Phi) is 43.9. The topological polar surface area (TPSA) is 33.3 Å². The number of carbonyl (C=O) groups excluding carboxylic acids is 1. The highest BCUT2D eigenvalue weighted by atomic mass is 16.2. The molecule has 364 valence electrons. The molecule has 0 spiro atoms. The van der Waals surface area contributed by atoms with Gasteiger partial charge in [0.15, 0.2) is 0 Å². The van der Waals surface area contributed by atoms with Gasteiger partial charge >= 0.3 is 0 Å². The Morgan fingerprint density at radius 2 is 0.574 bits per heavy atom. The first-order valence-electron chi connectivity index (χ1n) is 28.2. The van der Waals surface area contributed by atoms with Gasteiger partial charge in [0.2, 0.25) is 5.91 Å². The third kappa shape index (κ3) is 37.3. The van der Waals surface area contributed by atoms with Crippen molar-refractivity contribution in [1.29, 1.82) is 0 Å². The number of unbranched alkanes of at least 4 members (excludes halogenated alkanes) is 30. The Bertz CT molecular complexity index is 842. The van der Waals surface area contributed by atoms with Crippen LogP contribution in [0.3, 0.4) is 0 Å².